The van der Waals surface area contributed by atoms with E-state index in [0.29, 0.717) is 11.8 Å². The quantitative estimate of drug-likeness (QED) is 0.698. The summed E-state index contributed by atoms with van der Waals surface area (Å²) in [7, 11) is 0. The zero-order chi connectivity index (χ0) is 7.84. The molecule has 0 amide bonds. The van der Waals surface area contributed by atoms with Crippen molar-refractivity contribution in [2.24, 2.45) is 11.7 Å². The van der Waals surface area contributed by atoms with Crippen molar-refractivity contribution in [2.75, 3.05) is 6.54 Å². The van der Waals surface area contributed by atoms with E-state index in [1.807, 2.05) is 6.92 Å². The minimum Gasteiger partial charge on any atom is -0.469 e. The van der Waals surface area contributed by atoms with Crippen LogP contribution in [-0.2, 0) is 0 Å². The predicted octanol–water partition coefficient (Wildman–Crippen LogP) is 1.65. The van der Waals surface area contributed by atoms with Crippen LogP contribution in [0.15, 0.2) is 16.7 Å². The van der Waals surface area contributed by atoms with E-state index in [1.165, 1.54) is 12.0 Å². The molecule has 2 rings (SSSR count). The Labute approximate surface area is 66.4 Å². The van der Waals surface area contributed by atoms with Crippen LogP contribution >= 0.6 is 0 Å². The Bertz CT molecular complexity index is 254. The van der Waals surface area contributed by atoms with Gasteiger partial charge in [0.05, 0.1) is 6.26 Å². The van der Waals surface area contributed by atoms with Gasteiger partial charge in [0.15, 0.2) is 0 Å². The third kappa shape index (κ3) is 1.07. The second-order valence-electron chi connectivity index (χ2n) is 3.27. The van der Waals surface area contributed by atoms with Crippen LogP contribution in [0.1, 0.15) is 23.7 Å². The summed E-state index contributed by atoms with van der Waals surface area (Å²) in [6.45, 7) is 2.83. The van der Waals surface area contributed by atoms with Gasteiger partial charge in [0.1, 0.15) is 5.76 Å². The Hall–Kier alpha value is -0.760. The summed E-state index contributed by atoms with van der Waals surface area (Å²) in [6, 6.07) is 2.07. The number of rotatable bonds is 2. The molecule has 2 N–H and O–H groups in total. The number of hydrogen-bond acceptors (Lipinski definition) is 2. The lowest BCUT2D eigenvalue weighted by molar-refractivity contribution is 0.529. The molecule has 0 saturated heterocycles. The molecule has 1 aromatic heterocycles. The lowest BCUT2D eigenvalue weighted by Crippen LogP contribution is -2.01. The minimum atomic E-state index is 0.693. The predicted molar refractivity (Wildman–Crippen MR) is 43.3 cm³/mol. The average molecular weight is 151 g/mol. The van der Waals surface area contributed by atoms with Crippen LogP contribution in [0.2, 0.25) is 0 Å². The summed E-state index contributed by atoms with van der Waals surface area (Å²) < 4.78 is 5.22. The number of aryl methyl sites for hydroxylation is 1. The molecule has 1 saturated carbocycles. The van der Waals surface area contributed by atoms with E-state index >= 15 is 0 Å². The second kappa shape index (κ2) is 2.38. The highest BCUT2D eigenvalue weighted by Gasteiger charge is 2.38. The summed E-state index contributed by atoms with van der Waals surface area (Å²) in [5.41, 5.74) is 6.91. The van der Waals surface area contributed by atoms with Gasteiger partial charge in [-0.2, -0.15) is 0 Å². The lowest BCUT2D eigenvalue weighted by Gasteiger charge is -1.93. The molecule has 1 heterocycles. The summed E-state index contributed by atoms with van der Waals surface area (Å²) in [6.07, 6.45) is 3.01. The van der Waals surface area contributed by atoms with Crippen LogP contribution in [-0.4, -0.2) is 6.54 Å². The van der Waals surface area contributed by atoms with E-state index in [-0.39, 0.29) is 0 Å². The van der Waals surface area contributed by atoms with Crippen molar-refractivity contribution < 1.29 is 4.42 Å². The fourth-order valence-electron chi connectivity index (χ4n) is 1.67. The fraction of sp³-hybridized carbons (Fsp3) is 0.556. The minimum absolute atomic E-state index is 0.693. The van der Waals surface area contributed by atoms with Gasteiger partial charge >= 0.3 is 0 Å². The molecule has 0 aliphatic heterocycles. The molecular weight excluding hydrogens is 138 g/mol. The first-order valence-corrected chi connectivity index (χ1v) is 4.07. The molecule has 1 fully saturated rings. The Balaban J connectivity index is 2.14. The Morgan fingerprint density at radius 1 is 1.73 bits per heavy atom. The Morgan fingerprint density at radius 2 is 2.55 bits per heavy atom. The molecule has 0 radical (unpaired) electrons. The summed E-state index contributed by atoms with van der Waals surface area (Å²) in [4.78, 5) is 0. The molecule has 2 atom stereocenters. The van der Waals surface area contributed by atoms with Crippen molar-refractivity contribution in [3.63, 3.8) is 0 Å². The largest absolute Gasteiger partial charge is 0.469 e. The second-order valence-corrected chi connectivity index (χ2v) is 3.27. The number of furan rings is 1. The molecule has 0 aromatic carbocycles. The van der Waals surface area contributed by atoms with Gasteiger partial charge in [0.25, 0.3) is 0 Å². The van der Waals surface area contributed by atoms with E-state index in [9.17, 15) is 0 Å². The first-order chi connectivity index (χ1) is 5.33. The SMILES string of the molecule is Cc1occc1[C@@H]1C[C@H]1CN. The maximum absolute atomic E-state index is 5.55. The first-order valence-electron chi connectivity index (χ1n) is 4.07. The maximum atomic E-state index is 5.55. The van der Waals surface area contributed by atoms with Gasteiger partial charge in [-0.3, -0.25) is 0 Å². The normalized spacial score (nSPS) is 28.9. The van der Waals surface area contributed by atoms with Crippen molar-refractivity contribution in [3.8, 4) is 0 Å². The molecule has 2 nitrogen and oxygen atoms in total. The average Bonchev–Trinajstić information content (AvgIpc) is 2.68. The lowest BCUT2D eigenvalue weighted by atomic mass is 10.1. The summed E-state index contributed by atoms with van der Waals surface area (Å²) in [5, 5.41) is 0. The molecular formula is C9H13NO. The topological polar surface area (TPSA) is 39.2 Å². The highest BCUT2D eigenvalue weighted by molar-refractivity contribution is 5.27. The molecule has 2 heteroatoms. The standard InChI is InChI=1S/C9H13NO/c1-6-8(2-3-11-6)9-4-7(9)5-10/h2-3,7,9H,4-5,10H2,1H3/t7-,9+/m0/s1. The molecule has 1 aliphatic carbocycles. The first kappa shape index (κ1) is 6.92. The third-order valence-corrected chi connectivity index (χ3v) is 2.52. The molecule has 1 aliphatic rings. The van der Waals surface area contributed by atoms with Gasteiger partial charge in [-0.15, -0.1) is 0 Å². The molecule has 0 spiro atoms. The highest BCUT2D eigenvalue weighted by atomic mass is 16.3. The van der Waals surface area contributed by atoms with E-state index in [1.54, 1.807) is 6.26 Å². The Kier molecular flexibility index (Phi) is 1.50. The highest BCUT2D eigenvalue weighted by Crippen LogP contribution is 2.47. The van der Waals surface area contributed by atoms with Crippen molar-refractivity contribution in [1.29, 1.82) is 0 Å². The van der Waals surface area contributed by atoms with Gasteiger partial charge in [-0.1, -0.05) is 0 Å². The van der Waals surface area contributed by atoms with E-state index in [0.717, 1.165) is 12.3 Å². The monoisotopic (exact) mass is 151 g/mol. The third-order valence-electron chi connectivity index (χ3n) is 2.52. The smallest absolute Gasteiger partial charge is 0.104 e. The van der Waals surface area contributed by atoms with Crippen LogP contribution < -0.4 is 5.73 Å². The van der Waals surface area contributed by atoms with Crippen molar-refractivity contribution >= 4 is 0 Å². The van der Waals surface area contributed by atoms with E-state index < -0.39 is 0 Å². The fourth-order valence-corrected chi connectivity index (χ4v) is 1.67. The molecule has 0 unspecified atom stereocenters. The van der Waals surface area contributed by atoms with Crippen LogP contribution in [0.5, 0.6) is 0 Å². The van der Waals surface area contributed by atoms with Crippen LogP contribution in [0, 0.1) is 12.8 Å². The van der Waals surface area contributed by atoms with Crippen LogP contribution in [0.4, 0.5) is 0 Å². The zero-order valence-corrected chi connectivity index (χ0v) is 6.71. The van der Waals surface area contributed by atoms with Gasteiger partial charge in [-0.25, -0.2) is 0 Å². The van der Waals surface area contributed by atoms with Crippen LogP contribution in [0.25, 0.3) is 0 Å². The van der Waals surface area contributed by atoms with E-state index in [4.69, 9.17) is 10.2 Å². The van der Waals surface area contributed by atoms with Gasteiger partial charge in [-0.05, 0) is 43.4 Å². The summed E-state index contributed by atoms with van der Waals surface area (Å²) in [5.74, 6) is 2.47. The molecule has 60 valence electrons. The summed E-state index contributed by atoms with van der Waals surface area (Å²) >= 11 is 0. The Morgan fingerprint density at radius 3 is 3.00 bits per heavy atom. The molecule has 0 bridgehead atoms. The van der Waals surface area contributed by atoms with E-state index in [2.05, 4.69) is 6.07 Å². The van der Waals surface area contributed by atoms with Gasteiger partial charge < -0.3 is 10.2 Å². The maximum Gasteiger partial charge on any atom is 0.104 e. The van der Waals surface area contributed by atoms with Crippen molar-refractivity contribution in [3.05, 3.63) is 23.7 Å². The van der Waals surface area contributed by atoms with Crippen molar-refractivity contribution in [1.82, 2.24) is 0 Å². The zero-order valence-electron chi connectivity index (χ0n) is 6.71. The van der Waals surface area contributed by atoms with Crippen LogP contribution in [0.3, 0.4) is 0 Å². The number of hydrogen-bond donors (Lipinski definition) is 1. The number of nitrogens with two attached hydrogens (primary N) is 1. The van der Waals surface area contributed by atoms with Gasteiger partial charge in [0.2, 0.25) is 0 Å². The molecule has 11 heavy (non-hydrogen) atoms. The van der Waals surface area contributed by atoms with Gasteiger partial charge in [0, 0.05) is 0 Å². The molecule has 1 aromatic rings. The van der Waals surface area contributed by atoms with Crippen molar-refractivity contribution in [2.45, 2.75) is 19.3 Å².